The van der Waals surface area contributed by atoms with E-state index in [1.165, 1.54) is 0 Å². The van der Waals surface area contributed by atoms with Crippen molar-refractivity contribution in [1.29, 1.82) is 0 Å². The van der Waals surface area contributed by atoms with Crippen LogP contribution in [0.5, 0.6) is 0 Å². The van der Waals surface area contributed by atoms with Gasteiger partial charge in [-0.2, -0.15) is 0 Å². The van der Waals surface area contributed by atoms with Gasteiger partial charge in [-0.15, -0.1) is 0 Å². The van der Waals surface area contributed by atoms with Crippen LogP contribution in [0.15, 0.2) is 0 Å². The third kappa shape index (κ3) is 5.23. The van der Waals surface area contributed by atoms with E-state index >= 15 is 0 Å². The van der Waals surface area contributed by atoms with E-state index in [1.807, 2.05) is 0 Å². The Hall–Kier alpha value is -0.800. The zero-order valence-corrected chi connectivity index (χ0v) is 10.4. The molecule has 18 heavy (non-hydrogen) atoms. The van der Waals surface area contributed by atoms with E-state index < -0.39 is 50.8 Å². The highest BCUT2D eigenvalue weighted by Gasteiger charge is 2.48. The highest BCUT2D eigenvalue weighted by molar-refractivity contribution is 7.65. The summed E-state index contributed by atoms with van der Waals surface area (Å²) in [6.07, 6.45) is -1.70. The van der Waals surface area contributed by atoms with Crippen LogP contribution in [0.1, 0.15) is 12.8 Å². The largest absolute Gasteiger partial charge is 0.481 e. The number of carbonyl (C=O) groups is 2. The summed E-state index contributed by atoms with van der Waals surface area (Å²) in [6, 6.07) is -2.32. The molecule has 0 aromatic carbocycles. The SMILES string of the molecule is O=C(O)CC[C@@H](C(=O)O)N(P(=O)(O)O)P(=O)(O)O. The van der Waals surface area contributed by atoms with Gasteiger partial charge >= 0.3 is 27.4 Å². The topological polar surface area (TPSA) is 193 Å². The second-order valence-corrected chi connectivity index (χ2v) is 6.36. The first-order valence-corrected chi connectivity index (χ1v) is 7.36. The van der Waals surface area contributed by atoms with Gasteiger partial charge in [0, 0.05) is 6.42 Å². The van der Waals surface area contributed by atoms with Crippen molar-refractivity contribution in [1.82, 2.24) is 4.44 Å². The van der Waals surface area contributed by atoms with E-state index in [0.717, 1.165) is 0 Å². The fraction of sp³-hybridized carbons (Fsp3) is 0.600. The minimum Gasteiger partial charge on any atom is -0.481 e. The molecule has 0 amide bonds. The maximum absolute atomic E-state index is 10.9. The minimum absolute atomic E-state index is 0.800. The monoisotopic (exact) mass is 307 g/mol. The Morgan fingerprint density at radius 1 is 1.00 bits per heavy atom. The molecular weight excluding hydrogens is 296 g/mol. The lowest BCUT2D eigenvalue weighted by Crippen LogP contribution is -2.37. The molecule has 0 aromatic rings. The molecule has 0 aliphatic heterocycles. The molecule has 1 atom stereocenters. The molecule has 0 aliphatic rings. The summed E-state index contributed by atoms with van der Waals surface area (Å²) in [6.45, 7) is 0. The van der Waals surface area contributed by atoms with Crippen molar-refractivity contribution in [3.05, 3.63) is 0 Å². The third-order valence-corrected chi connectivity index (χ3v) is 4.75. The van der Waals surface area contributed by atoms with Gasteiger partial charge in [-0.25, -0.2) is 9.13 Å². The maximum atomic E-state index is 10.9. The van der Waals surface area contributed by atoms with Gasteiger partial charge in [-0.05, 0) is 6.42 Å². The van der Waals surface area contributed by atoms with E-state index in [1.54, 1.807) is 0 Å². The second kappa shape index (κ2) is 5.89. The van der Waals surface area contributed by atoms with Crippen LogP contribution < -0.4 is 0 Å². The number of carboxylic acid groups (broad SMARTS) is 2. The van der Waals surface area contributed by atoms with Gasteiger partial charge in [0.1, 0.15) is 6.04 Å². The van der Waals surface area contributed by atoms with E-state index in [0.29, 0.717) is 0 Å². The molecule has 6 N–H and O–H groups in total. The van der Waals surface area contributed by atoms with Crippen LogP contribution in [0.25, 0.3) is 0 Å². The molecule has 0 radical (unpaired) electrons. The fourth-order valence-electron chi connectivity index (χ4n) is 1.11. The molecule has 0 rings (SSSR count). The molecule has 0 aliphatic carbocycles. The Labute approximate surface area is 100 Å². The average molecular weight is 307 g/mol. The quantitative estimate of drug-likeness (QED) is 0.309. The van der Waals surface area contributed by atoms with Gasteiger partial charge in [-0.3, -0.25) is 9.59 Å². The number of carboxylic acids is 2. The van der Waals surface area contributed by atoms with Crippen LogP contribution in [0.4, 0.5) is 0 Å². The van der Waals surface area contributed by atoms with Crippen molar-refractivity contribution in [3.63, 3.8) is 0 Å². The van der Waals surface area contributed by atoms with Crippen LogP contribution in [0.3, 0.4) is 0 Å². The van der Waals surface area contributed by atoms with Crippen molar-refractivity contribution in [2.24, 2.45) is 0 Å². The van der Waals surface area contributed by atoms with Crippen LogP contribution in [-0.2, 0) is 18.7 Å². The van der Waals surface area contributed by atoms with E-state index in [9.17, 15) is 18.7 Å². The lowest BCUT2D eigenvalue weighted by Gasteiger charge is -2.28. The highest BCUT2D eigenvalue weighted by Crippen LogP contribution is 2.59. The first-order chi connectivity index (χ1) is 7.87. The van der Waals surface area contributed by atoms with Gasteiger partial charge in [0.2, 0.25) is 0 Å². The van der Waals surface area contributed by atoms with Gasteiger partial charge in [0.05, 0.1) is 0 Å². The number of nitrogens with zero attached hydrogens (tertiary/aromatic N) is 1. The number of rotatable bonds is 7. The Morgan fingerprint density at radius 3 is 1.61 bits per heavy atom. The standard InChI is InChI=1S/C5H11NO10P2/c7-4(8)2-1-3(5(9)10)6(17(11,12)13)18(14,15)16/h3H,1-2H2,(H,7,8)(H,9,10)(H2,11,12,13)(H2,14,15,16)/t3-/m0/s1. The van der Waals surface area contributed by atoms with Crippen molar-refractivity contribution in [2.75, 3.05) is 0 Å². The second-order valence-electron chi connectivity index (χ2n) is 3.13. The summed E-state index contributed by atoms with van der Waals surface area (Å²) in [4.78, 5) is 55.9. The number of hydrogen-bond donors (Lipinski definition) is 6. The molecule has 0 bridgehead atoms. The predicted molar refractivity (Wildman–Crippen MR) is 54.2 cm³/mol. The fourth-order valence-corrected chi connectivity index (χ4v) is 3.48. The summed E-state index contributed by atoms with van der Waals surface area (Å²) in [5.41, 5.74) is 0. The van der Waals surface area contributed by atoms with Crippen LogP contribution in [0.2, 0.25) is 0 Å². The zero-order chi connectivity index (χ0) is 14.7. The van der Waals surface area contributed by atoms with Gasteiger partial charge in [0.15, 0.2) is 0 Å². The first kappa shape index (κ1) is 17.2. The van der Waals surface area contributed by atoms with Crippen LogP contribution in [0, 0.1) is 0 Å². The lowest BCUT2D eigenvalue weighted by molar-refractivity contribution is -0.142. The van der Waals surface area contributed by atoms with Crippen molar-refractivity contribution in [3.8, 4) is 0 Å². The van der Waals surface area contributed by atoms with E-state index in [-0.39, 0.29) is 0 Å². The normalized spacial score (nSPS) is 14.5. The molecule has 13 heteroatoms. The molecule has 0 fully saturated rings. The molecule has 0 heterocycles. The molecule has 0 saturated carbocycles. The molecule has 0 aromatic heterocycles. The molecular formula is C5H11NO10P2. The summed E-state index contributed by atoms with van der Waals surface area (Å²) in [7, 11) is -11.1. The van der Waals surface area contributed by atoms with E-state index in [2.05, 4.69) is 0 Å². The predicted octanol–water partition coefficient (Wildman–Crippen LogP) is -1.21. The molecule has 106 valence electrons. The Bertz CT molecular complexity index is 400. The lowest BCUT2D eigenvalue weighted by atomic mass is 10.2. The Kier molecular flexibility index (Phi) is 5.63. The Morgan fingerprint density at radius 2 is 1.39 bits per heavy atom. The molecule has 11 nitrogen and oxygen atoms in total. The zero-order valence-electron chi connectivity index (χ0n) is 8.65. The number of aliphatic carboxylic acids is 2. The van der Waals surface area contributed by atoms with Gasteiger partial charge in [-0.1, -0.05) is 4.44 Å². The van der Waals surface area contributed by atoms with Crippen molar-refractivity contribution in [2.45, 2.75) is 18.9 Å². The maximum Gasteiger partial charge on any atom is 0.413 e. The third-order valence-electron chi connectivity index (χ3n) is 1.73. The summed E-state index contributed by atoms with van der Waals surface area (Å²) in [5, 5.41) is 17.0. The van der Waals surface area contributed by atoms with Crippen molar-refractivity contribution < 1.29 is 48.5 Å². The molecule has 0 spiro atoms. The smallest absolute Gasteiger partial charge is 0.413 e. The summed E-state index contributed by atoms with van der Waals surface area (Å²) >= 11 is 0. The highest BCUT2D eigenvalue weighted by atomic mass is 31.3. The average Bonchev–Trinajstić information content (AvgIpc) is 2.06. The minimum atomic E-state index is -5.57. The van der Waals surface area contributed by atoms with E-state index in [4.69, 9.17) is 29.8 Å². The van der Waals surface area contributed by atoms with Crippen LogP contribution >= 0.6 is 15.5 Å². The van der Waals surface area contributed by atoms with Gasteiger partial charge < -0.3 is 29.8 Å². The van der Waals surface area contributed by atoms with Gasteiger partial charge in [0.25, 0.3) is 0 Å². The summed E-state index contributed by atoms with van der Waals surface area (Å²) in [5.74, 6) is -3.43. The number of hydrogen-bond acceptors (Lipinski definition) is 4. The van der Waals surface area contributed by atoms with Crippen LogP contribution in [-0.4, -0.2) is 52.2 Å². The molecule has 0 unspecified atom stereocenters. The first-order valence-electron chi connectivity index (χ1n) is 4.23. The Balaban J connectivity index is 5.39. The molecule has 0 saturated heterocycles. The van der Waals surface area contributed by atoms with Crippen molar-refractivity contribution >= 4 is 27.4 Å². The summed E-state index contributed by atoms with van der Waals surface area (Å²) < 4.78 is 21.0.